The number of ether oxygens (including phenoxy) is 3. The molecule has 15 heteroatoms. The Morgan fingerprint density at radius 2 is 1.66 bits per heavy atom. The highest BCUT2D eigenvalue weighted by Crippen LogP contribution is 2.40. The Hall–Kier alpha value is -5.67. The number of carbonyl (C=O) groups excluding carboxylic acids is 4. The Morgan fingerprint density at radius 1 is 0.932 bits per heavy atom. The number of fused-ring (bicyclic) bond motifs is 1. The molecule has 0 bridgehead atoms. The minimum absolute atomic E-state index is 0.0367. The minimum atomic E-state index is -0.857. The highest BCUT2D eigenvalue weighted by atomic mass is 16.6. The van der Waals surface area contributed by atoms with Gasteiger partial charge >= 0.3 is 6.09 Å². The van der Waals surface area contributed by atoms with Crippen molar-refractivity contribution < 1.29 is 33.4 Å². The van der Waals surface area contributed by atoms with Crippen molar-refractivity contribution in [3.8, 4) is 22.6 Å². The lowest BCUT2D eigenvalue weighted by Crippen LogP contribution is -2.47. The normalized spacial score (nSPS) is 13.4. The molecule has 0 spiro atoms. The number of imidazole rings is 1. The van der Waals surface area contributed by atoms with Crippen molar-refractivity contribution in [2.75, 3.05) is 91.4 Å². The highest BCUT2D eigenvalue weighted by Gasteiger charge is 2.30. The van der Waals surface area contributed by atoms with Crippen LogP contribution in [0.3, 0.4) is 0 Å². The van der Waals surface area contributed by atoms with E-state index in [-0.39, 0.29) is 22.8 Å². The van der Waals surface area contributed by atoms with Crippen LogP contribution in [0.5, 0.6) is 11.5 Å². The van der Waals surface area contributed by atoms with E-state index in [2.05, 4.69) is 17.3 Å². The van der Waals surface area contributed by atoms with Gasteiger partial charge in [0.15, 0.2) is 0 Å². The summed E-state index contributed by atoms with van der Waals surface area (Å²) in [5.74, 6) is -0.267. The number of methoxy groups -OCH3 is 1. The van der Waals surface area contributed by atoms with Crippen LogP contribution in [0.1, 0.15) is 72.7 Å². The van der Waals surface area contributed by atoms with Gasteiger partial charge in [0.2, 0.25) is 11.9 Å². The second-order valence-electron chi connectivity index (χ2n) is 16.3. The molecule has 0 unspecified atom stereocenters. The fourth-order valence-electron chi connectivity index (χ4n) is 7.00. The van der Waals surface area contributed by atoms with E-state index in [9.17, 15) is 19.2 Å². The number of nitrogens with two attached hydrogens (primary N) is 1. The van der Waals surface area contributed by atoms with Crippen molar-refractivity contribution in [2.45, 2.75) is 59.0 Å². The minimum Gasteiger partial charge on any atom is -0.495 e. The Kier molecular flexibility index (Phi) is 14.6. The van der Waals surface area contributed by atoms with Crippen molar-refractivity contribution >= 4 is 46.5 Å². The van der Waals surface area contributed by atoms with E-state index in [0.717, 1.165) is 51.0 Å². The lowest BCUT2D eigenvalue weighted by atomic mass is 9.95. The van der Waals surface area contributed by atoms with Gasteiger partial charge in [-0.15, -0.1) is 0 Å². The molecule has 0 radical (unpaired) electrons. The second-order valence-corrected chi connectivity index (χ2v) is 16.3. The number of nitrogens with zero attached hydrogens (tertiary/aromatic N) is 6. The monoisotopic (exact) mass is 812 g/mol. The number of nitrogens with one attached hydrogen (secondary N) is 1. The summed E-state index contributed by atoms with van der Waals surface area (Å²) in [5.41, 5.74) is 8.56. The molecule has 0 atom stereocenters. The third-order valence-electron chi connectivity index (χ3n) is 10.2. The van der Waals surface area contributed by atoms with Gasteiger partial charge in [0.25, 0.3) is 11.8 Å². The van der Waals surface area contributed by atoms with Gasteiger partial charge in [0.1, 0.15) is 17.1 Å². The molecule has 15 nitrogen and oxygen atoms in total. The third kappa shape index (κ3) is 10.9. The van der Waals surface area contributed by atoms with E-state index in [1.54, 1.807) is 64.2 Å². The predicted molar refractivity (Wildman–Crippen MR) is 231 cm³/mol. The first-order valence-corrected chi connectivity index (χ1v) is 20.1. The molecule has 1 fully saturated rings. The van der Waals surface area contributed by atoms with Gasteiger partial charge < -0.3 is 44.9 Å². The molecule has 2 heterocycles. The Labute approximate surface area is 347 Å². The first-order valence-electron chi connectivity index (χ1n) is 20.1. The molecule has 1 saturated heterocycles. The van der Waals surface area contributed by atoms with E-state index in [1.807, 2.05) is 43.0 Å². The Morgan fingerprint density at radius 3 is 2.32 bits per heavy atom. The number of likely N-dealkylation sites (N-methyl/N-ethyl adjacent to an activating group) is 2. The molecular formula is C44H60N8O7. The zero-order valence-corrected chi connectivity index (χ0v) is 36.0. The molecule has 3 N–H and O–H groups in total. The van der Waals surface area contributed by atoms with Gasteiger partial charge in [0.05, 0.1) is 41.6 Å². The maximum absolute atomic E-state index is 14.3. The SMILES string of the molecule is COc1c(-c2cccc3c2nc(NCCN(C)C)n3C(=O)OC(C)(C)C)ccc(C(=O)N(C)c2ccc(C)cc2OCCCCCC(=O)N2CCN(C)CC2)c1C(N)=O. The average molecular weight is 813 g/mol. The number of aromatic nitrogens is 2. The van der Waals surface area contributed by atoms with Crippen LogP contribution in [-0.2, 0) is 9.53 Å². The fourth-order valence-corrected chi connectivity index (χ4v) is 7.00. The number of piperazine rings is 1. The summed E-state index contributed by atoms with van der Waals surface area (Å²) in [6.07, 6.45) is 2.25. The fraction of sp³-hybridized carbons (Fsp3) is 0.477. The number of rotatable bonds is 16. The molecule has 1 aliphatic heterocycles. The van der Waals surface area contributed by atoms with E-state index in [4.69, 9.17) is 24.9 Å². The quantitative estimate of drug-likeness (QED) is 0.130. The number of hydrogen-bond acceptors (Lipinski definition) is 11. The van der Waals surface area contributed by atoms with E-state index < -0.39 is 23.5 Å². The van der Waals surface area contributed by atoms with Crippen LogP contribution in [0.25, 0.3) is 22.2 Å². The molecule has 4 aromatic rings. The van der Waals surface area contributed by atoms with Gasteiger partial charge in [-0.25, -0.2) is 14.3 Å². The molecular weight excluding hydrogens is 753 g/mol. The number of anilines is 2. The first-order chi connectivity index (χ1) is 28.0. The van der Waals surface area contributed by atoms with E-state index in [0.29, 0.717) is 65.7 Å². The third-order valence-corrected chi connectivity index (χ3v) is 10.2. The molecule has 1 aromatic heterocycles. The maximum atomic E-state index is 14.3. The standard InChI is InChI=1S/C44H60N8O7/c1-29-17-20-33(35(28-29)58-27-12-10-11-16-36(53)51-25-23-49(7)24-26-51)50(8)41(55)32-19-18-31(39(57-9)37(32)40(45)54)30-14-13-15-34-38(30)47-42(46-21-22-48(5)6)52(34)43(56)59-44(2,3)4/h13-15,17-20,28H,10-12,16,21-27H2,1-9H3,(H2,45,54)(H,46,47). The molecule has 1 aliphatic rings. The van der Waals surface area contributed by atoms with Crippen LogP contribution in [0, 0.1) is 6.92 Å². The molecule has 59 heavy (non-hydrogen) atoms. The number of hydrogen-bond donors (Lipinski definition) is 2. The second kappa shape index (κ2) is 19.4. The summed E-state index contributed by atoms with van der Waals surface area (Å²) < 4.78 is 19.3. The van der Waals surface area contributed by atoms with E-state index >= 15 is 0 Å². The van der Waals surface area contributed by atoms with Gasteiger partial charge in [-0.05, 0) is 104 Å². The summed E-state index contributed by atoms with van der Waals surface area (Å²) >= 11 is 0. The van der Waals surface area contributed by atoms with Gasteiger partial charge in [-0.2, -0.15) is 0 Å². The van der Waals surface area contributed by atoms with E-state index in [1.165, 1.54) is 16.6 Å². The van der Waals surface area contributed by atoms with Gasteiger partial charge in [0, 0.05) is 63.9 Å². The van der Waals surface area contributed by atoms with Crippen molar-refractivity contribution in [1.29, 1.82) is 0 Å². The Bertz CT molecular complexity index is 2150. The molecule has 0 saturated carbocycles. The highest BCUT2D eigenvalue weighted by molar-refractivity contribution is 6.16. The molecule has 5 rings (SSSR count). The number of benzene rings is 3. The zero-order chi connectivity index (χ0) is 43.0. The number of unbranched alkanes of at least 4 members (excludes halogenated alkanes) is 2. The molecule has 3 amide bonds. The van der Waals surface area contributed by atoms with Crippen LogP contribution in [0.2, 0.25) is 0 Å². The first kappa shape index (κ1) is 44.4. The summed E-state index contributed by atoms with van der Waals surface area (Å²) in [7, 11) is 8.99. The number of amides is 3. The van der Waals surface area contributed by atoms with Crippen LogP contribution >= 0.6 is 0 Å². The molecule has 318 valence electrons. The summed E-state index contributed by atoms with van der Waals surface area (Å²) in [6.45, 7) is 12.3. The largest absolute Gasteiger partial charge is 0.495 e. The van der Waals surface area contributed by atoms with Crippen LogP contribution in [0.4, 0.5) is 16.4 Å². The van der Waals surface area contributed by atoms with Crippen molar-refractivity contribution in [3.05, 3.63) is 65.2 Å². The number of carbonyl (C=O) groups is 4. The van der Waals surface area contributed by atoms with Crippen LogP contribution in [0.15, 0.2) is 48.5 Å². The maximum Gasteiger partial charge on any atom is 0.421 e. The zero-order valence-electron chi connectivity index (χ0n) is 36.0. The van der Waals surface area contributed by atoms with Crippen molar-refractivity contribution in [1.82, 2.24) is 24.3 Å². The lowest BCUT2D eigenvalue weighted by Gasteiger charge is -2.32. The van der Waals surface area contributed by atoms with Gasteiger partial charge in [-0.3, -0.25) is 14.4 Å². The van der Waals surface area contributed by atoms with Crippen LogP contribution < -0.4 is 25.4 Å². The smallest absolute Gasteiger partial charge is 0.421 e. The molecule has 0 aliphatic carbocycles. The van der Waals surface area contributed by atoms with Crippen LogP contribution in [-0.4, -0.2) is 135 Å². The number of primary amides is 1. The Balaban J connectivity index is 1.40. The summed E-state index contributed by atoms with van der Waals surface area (Å²) in [6, 6.07) is 14.1. The summed E-state index contributed by atoms with van der Waals surface area (Å²) in [4.78, 5) is 66.3. The van der Waals surface area contributed by atoms with Crippen molar-refractivity contribution in [3.63, 3.8) is 0 Å². The lowest BCUT2D eigenvalue weighted by molar-refractivity contribution is -0.132. The number of para-hydroxylation sites is 1. The molecule has 3 aromatic carbocycles. The number of aryl methyl sites for hydroxylation is 1. The summed E-state index contributed by atoms with van der Waals surface area (Å²) in [5, 5.41) is 3.26. The van der Waals surface area contributed by atoms with Crippen molar-refractivity contribution in [2.24, 2.45) is 5.73 Å². The predicted octanol–water partition coefficient (Wildman–Crippen LogP) is 5.87. The topological polar surface area (TPSA) is 165 Å². The average Bonchev–Trinajstić information content (AvgIpc) is 3.56. The van der Waals surface area contributed by atoms with Gasteiger partial charge in [-0.1, -0.05) is 18.2 Å².